The number of carbonyl (C=O) groups is 1. The summed E-state index contributed by atoms with van der Waals surface area (Å²) in [7, 11) is 3.98. The van der Waals surface area contributed by atoms with Crippen LogP contribution < -0.4 is 5.73 Å². The summed E-state index contributed by atoms with van der Waals surface area (Å²) in [6.45, 7) is 8.23. The van der Waals surface area contributed by atoms with E-state index in [4.69, 9.17) is 5.73 Å². The molecule has 118 valence electrons. The van der Waals surface area contributed by atoms with Crippen molar-refractivity contribution >= 4 is 11.6 Å². The quantitative estimate of drug-likeness (QED) is 0.826. The average Bonchev–Trinajstić information content (AvgIpc) is 2.42. The molecule has 1 rings (SSSR count). The van der Waals surface area contributed by atoms with E-state index in [2.05, 4.69) is 21.8 Å². The molecule has 0 aliphatic carbocycles. The number of amides is 1. The van der Waals surface area contributed by atoms with E-state index in [0.29, 0.717) is 30.3 Å². The van der Waals surface area contributed by atoms with Crippen LogP contribution in [0.3, 0.4) is 0 Å². The number of nitrogens with zero attached hydrogens (tertiary/aromatic N) is 4. The number of hydrogen-bond donors (Lipinski definition) is 1. The molecule has 0 aromatic carbocycles. The molecule has 0 saturated heterocycles. The number of carbonyl (C=O) groups excluding carboxylic acids is 1. The Bertz CT molecular complexity index is 473. The summed E-state index contributed by atoms with van der Waals surface area (Å²) in [4.78, 5) is 25.1. The SMILES string of the molecule is CCCN(CCN(C)C)C(=O)c1nc(C(C)C)ncc1N. The molecular formula is C15H27N5O. The Kier molecular flexibility index (Phi) is 6.55. The van der Waals surface area contributed by atoms with Crippen LogP contribution in [0.2, 0.25) is 0 Å². The van der Waals surface area contributed by atoms with Crippen molar-refractivity contribution in [1.82, 2.24) is 19.8 Å². The summed E-state index contributed by atoms with van der Waals surface area (Å²) in [6.07, 6.45) is 2.44. The number of nitrogen functional groups attached to an aromatic ring is 1. The Morgan fingerprint density at radius 2 is 1.95 bits per heavy atom. The molecule has 1 amide bonds. The number of anilines is 1. The van der Waals surface area contributed by atoms with Gasteiger partial charge in [-0.15, -0.1) is 0 Å². The molecule has 21 heavy (non-hydrogen) atoms. The van der Waals surface area contributed by atoms with Crippen molar-refractivity contribution in [2.45, 2.75) is 33.1 Å². The fraction of sp³-hybridized carbons (Fsp3) is 0.667. The molecule has 0 atom stereocenters. The van der Waals surface area contributed by atoms with Crippen LogP contribution in [0.4, 0.5) is 5.69 Å². The summed E-state index contributed by atoms with van der Waals surface area (Å²) in [5, 5.41) is 0. The lowest BCUT2D eigenvalue weighted by atomic mass is 10.2. The van der Waals surface area contributed by atoms with E-state index in [1.165, 1.54) is 6.20 Å². The number of aromatic nitrogens is 2. The van der Waals surface area contributed by atoms with Crippen LogP contribution in [0.25, 0.3) is 0 Å². The summed E-state index contributed by atoms with van der Waals surface area (Å²) in [6, 6.07) is 0. The van der Waals surface area contributed by atoms with E-state index < -0.39 is 0 Å². The summed E-state index contributed by atoms with van der Waals surface area (Å²) >= 11 is 0. The Labute approximate surface area is 127 Å². The fourth-order valence-electron chi connectivity index (χ4n) is 1.91. The van der Waals surface area contributed by atoms with Gasteiger partial charge in [0.05, 0.1) is 11.9 Å². The van der Waals surface area contributed by atoms with Gasteiger partial charge in [-0.25, -0.2) is 9.97 Å². The Morgan fingerprint density at radius 3 is 2.48 bits per heavy atom. The second-order valence-electron chi connectivity index (χ2n) is 5.78. The van der Waals surface area contributed by atoms with Gasteiger partial charge in [-0.1, -0.05) is 20.8 Å². The second kappa shape index (κ2) is 7.93. The van der Waals surface area contributed by atoms with Gasteiger partial charge in [-0.3, -0.25) is 4.79 Å². The highest BCUT2D eigenvalue weighted by Crippen LogP contribution is 2.15. The smallest absolute Gasteiger partial charge is 0.274 e. The van der Waals surface area contributed by atoms with E-state index in [1.54, 1.807) is 0 Å². The molecular weight excluding hydrogens is 266 g/mol. The number of hydrogen-bond acceptors (Lipinski definition) is 5. The highest BCUT2D eigenvalue weighted by Gasteiger charge is 2.20. The van der Waals surface area contributed by atoms with Crippen LogP contribution in [0.5, 0.6) is 0 Å². The largest absolute Gasteiger partial charge is 0.396 e. The molecule has 0 bridgehead atoms. The molecule has 0 fully saturated rings. The van der Waals surface area contributed by atoms with Crippen molar-refractivity contribution in [2.75, 3.05) is 39.5 Å². The molecule has 1 aromatic heterocycles. The van der Waals surface area contributed by atoms with Crippen molar-refractivity contribution in [3.63, 3.8) is 0 Å². The first-order chi connectivity index (χ1) is 9.86. The average molecular weight is 293 g/mol. The maximum Gasteiger partial charge on any atom is 0.274 e. The van der Waals surface area contributed by atoms with Crippen LogP contribution >= 0.6 is 0 Å². The minimum Gasteiger partial charge on any atom is -0.396 e. The minimum absolute atomic E-state index is 0.111. The van der Waals surface area contributed by atoms with Crippen molar-refractivity contribution in [1.29, 1.82) is 0 Å². The Balaban J connectivity index is 2.99. The molecule has 0 saturated carbocycles. The minimum atomic E-state index is -0.111. The highest BCUT2D eigenvalue weighted by atomic mass is 16.2. The first kappa shape index (κ1) is 17.4. The van der Waals surface area contributed by atoms with Gasteiger partial charge in [0.15, 0.2) is 5.69 Å². The van der Waals surface area contributed by atoms with E-state index >= 15 is 0 Å². The topological polar surface area (TPSA) is 75.3 Å². The predicted molar refractivity (Wildman–Crippen MR) is 85.3 cm³/mol. The molecule has 2 N–H and O–H groups in total. The summed E-state index contributed by atoms with van der Waals surface area (Å²) < 4.78 is 0. The van der Waals surface area contributed by atoms with E-state index in [0.717, 1.165) is 13.0 Å². The van der Waals surface area contributed by atoms with Gasteiger partial charge in [0.25, 0.3) is 5.91 Å². The first-order valence-corrected chi connectivity index (χ1v) is 7.43. The zero-order chi connectivity index (χ0) is 16.0. The molecule has 1 heterocycles. The lowest BCUT2D eigenvalue weighted by molar-refractivity contribution is 0.0739. The summed E-state index contributed by atoms with van der Waals surface area (Å²) in [5.41, 5.74) is 6.56. The van der Waals surface area contributed by atoms with Gasteiger partial charge in [0, 0.05) is 25.6 Å². The monoisotopic (exact) mass is 293 g/mol. The third-order valence-corrected chi connectivity index (χ3v) is 3.15. The molecule has 0 spiro atoms. The standard InChI is InChI=1S/C15H27N5O/c1-6-7-20(9-8-19(4)5)15(21)13-12(16)10-17-14(18-13)11(2)3/h10-11H,6-9,16H2,1-5H3. The predicted octanol–water partition coefficient (Wildman–Crippen LogP) is 1.60. The molecule has 0 unspecified atom stereocenters. The van der Waals surface area contributed by atoms with Crippen molar-refractivity contribution < 1.29 is 4.79 Å². The van der Waals surface area contributed by atoms with Crippen molar-refractivity contribution in [3.8, 4) is 0 Å². The van der Waals surface area contributed by atoms with Crippen molar-refractivity contribution in [3.05, 3.63) is 17.7 Å². The zero-order valence-electron chi connectivity index (χ0n) is 13.8. The Hall–Kier alpha value is -1.69. The van der Waals surface area contributed by atoms with E-state index in [9.17, 15) is 4.79 Å². The molecule has 0 radical (unpaired) electrons. The molecule has 6 nitrogen and oxygen atoms in total. The van der Waals surface area contributed by atoms with E-state index in [-0.39, 0.29) is 11.8 Å². The second-order valence-corrected chi connectivity index (χ2v) is 5.78. The Morgan fingerprint density at radius 1 is 1.29 bits per heavy atom. The fourth-order valence-corrected chi connectivity index (χ4v) is 1.91. The van der Waals surface area contributed by atoms with Gasteiger partial charge in [0.2, 0.25) is 0 Å². The first-order valence-electron chi connectivity index (χ1n) is 7.43. The highest BCUT2D eigenvalue weighted by molar-refractivity contribution is 5.97. The molecule has 6 heteroatoms. The molecule has 0 aliphatic heterocycles. The molecule has 1 aromatic rings. The third-order valence-electron chi connectivity index (χ3n) is 3.15. The van der Waals surface area contributed by atoms with Crippen LogP contribution in [0, 0.1) is 0 Å². The third kappa shape index (κ3) is 4.97. The van der Waals surface area contributed by atoms with Gasteiger partial charge >= 0.3 is 0 Å². The zero-order valence-corrected chi connectivity index (χ0v) is 13.8. The lowest BCUT2D eigenvalue weighted by Gasteiger charge is -2.24. The number of rotatable bonds is 7. The van der Waals surface area contributed by atoms with Crippen LogP contribution in [0.15, 0.2) is 6.20 Å². The lowest BCUT2D eigenvalue weighted by Crippen LogP contribution is -2.38. The van der Waals surface area contributed by atoms with E-state index in [1.807, 2.05) is 32.8 Å². The van der Waals surface area contributed by atoms with Crippen LogP contribution in [0.1, 0.15) is 49.4 Å². The van der Waals surface area contributed by atoms with Gasteiger partial charge in [0.1, 0.15) is 5.82 Å². The summed E-state index contributed by atoms with van der Waals surface area (Å²) in [5.74, 6) is 0.704. The van der Waals surface area contributed by atoms with Crippen LogP contribution in [-0.4, -0.2) is 59.4 Å². The molecule has 0 aliphatic rings. The van der Waals surface area contributed by atoms with Crippen molar-refractivity contribution in [2.24, 2.45) is 0 Å². The maximum atomic E-state index is 12.7. The number of likely N-dealkylation sites (N-methyl/N-ethyl adjacent to an activating group) is 1. The van der Waals surface area contributed by atoms with Crippen LogP contribution in [-0.2, 0) is 0 Å². The normalized spacial score (nSPS) is 11.2. The van der Waals surface area contributed by atoms with Gasteiger partial charge in [-0.2, -0.15) is 0 Å². The number of nitrogens with two attached hydrogens (primary N) is 1. The maximum absolute atomic E-state index is 12.7. The van der Waals surface area contributed by atoms with Gasteiger partial charge < -0.3 is 15.5 Å². The van der Waals surface area contributed by atoms with Gasteiger partial charge in [-0.05, 0) is 20.5 Å².